The van der Waals surface area contributed by atoms with E-state index in [4.69, 9.17) is 17.3 Å². The van der Waals surface area contributed by atoms with Crippen molar-refractivity contribution < 1.29 is 9.59 Å². The molecule has 0 aliphatic heterocycles. The van der Waals surface area contributed by atoms with Gasteiger partial charge in [-0.1, -0.05) is 35.9 Å². The molecular weight excluding hydrogens is 454 g/mol. The third-order valence-electron chi connectivity index (χ3n) is 5.10. The first-order chi connectivity index (χ1) is 16.0. The number of carbonyl (C=O) groups excluding carboxylic acids is 2. The van der Waals surface area contributed by atoms with Crippen LogP contribution >= 0.6 is 23.4 Å². The lowest BCUT2D eigenvalue weighted by Gasteiger charge is -2.13. The van der Waals surface area contributed by atoms with Gasteiger partial charge in [-0.05, 0) is 72.0 Å². The minimum Gasteiger partial charge on any atom is -0.366 e. The summed E-state index contributed by atoms with van der Waals surface area (Å²) in [5.74, 6) is -0.860. The third kappa shape index (κ3) is 5.08. The number of nitrogens with one attached hydrogen (secondary N) is 1. The van der Waals surface area contributed by atoms with Crippen molar-refractivity contribution in [1.29, 1.82) is 0 Å². The molecule has 0 aliphatic rings. The number of amides is 2. The predicted molar refractivity (Wildman–Crippen MR) is 135 cm³/mol. The van der Waals surface area contributed by atoms with Gasteiger partial charge < -0.3 is 11.1 Å². The average Bonchev–Trinajstić information content (AvgIpc) is 2.84. The van der Waals surface area contributed by atoms with E-state index >= 15 is 0 Å². The predicted octanol–water partition coefficient (Wildman–Crippen LogP) is 6.14. The number of rotatable bonds is 6. The number of hydrogen-bond acceptors (Lipinski definition) is 4. The van der Waals surface area contributed by atoms with Crippen LogP contribution in [0.4, 0.5) is 5.69 Å². The lowest BCUT2D eigenvalue weighted by atomic mass is 9.97. The Morgan fingerprint density at radius 2 is 1.73 bits per heavy atom. The first kappa shape index (κ1) is 22.6. The van der Waals surface area contributed by atoms with Crippen LogP contribution in [0.5, 0.6) is 0 Å². The molecule has 0 unspecified atom stereocenters. The first-order valence-electron chi connectivity index (χ1n) is 10.1. The summed E-state index contributed by atoms with van der Waals surface area (Å²) in [4.78, 5) is 30.2. The van der Waals surface area contributed by atoms with Crippen LogP contribution in [0.25, 0.3) is 22.4 Å². The van der Waals surface area contributed by atoms with Crippen molar-refractivity contribution in [3.63, 3.8) is 0 Å². The molecule has 2 amide bonds. The van der Waals surface area contributed by atoms with Gasteiger partial charge in [0.15, 0.2) is 0 Å². The van der Waals surface area contributed by atoms with Crippen molar-refractivity contribution in [2.75, 3.05) is 11.6 Å². The van der Waals surface area contributed by atoms with Crippen molar-refractivity contribution in [2.24, 2.45) is 5.73 Å². The summed E-state index contributed by atoms with van der Waals surface area (Å²) in [6.07, 6.45) is 3.69. The Morgan fingerprint density at radius 3 is 2.42 bits per heavy atom. The fraction of sp³-hybridized carbons (Fsp3) is 0.0385. The quantitative estimate of drug-likeness (QED) is 0.329. The summed E-state index contributed by atoms with van der Waals surface area (Å²) in [5.41, 5.74) is 9.90. The van der Waals surface area contributed by atoms with Crippen LogP contribution in [0.3, 0.4) is 0 Å². The van der Waals surface area contributed by atoms with E-state index < -0.39 is 5.91 Å². The molecule has 0 radical (unpaired) electrons. The van der Waals surface area contributed by atoms with Gasteiger partial charge in [-0.2, -0.15) is 0 Å². The van der Waals surface area contributed by atoms with E-state index in [1.54, 1.807) is 42.2 Å². The number of nitrogens with zero attached hydrogens (tertiary/aromatic N) is 1. The van der Waals surface area contributed by atoms with Crippen LogP contribution < -0.4 is 11.1 Å². The molecule has 164 valence electrons. The molecule has 0 fully saturated rings. The molecule has 33 heavy (non-hydrogen) atoms. The Labute approximate surface area is 201 Å². The lowest BCUT2D eigenvalue weighted by Crippen LogP contribution is -2.14. The van der Waals surface area contributed by atoms with Crippen molar-refractivity contribution in [3.05, 3.63) is 101 Å². The highest BCUT2D eigenvalue weighted by Crippen LogP contribution is 2.32. The summed E-state index contributed by atoms with van der Waals surface area (Å²) in [7, 11) is 0. The molecule has 3 aromatic carbocycles. The number of anilines is 1. The lowest BCUT2D eigenvalue weighted by molar-refractivity contribution is 0.0997. The zero-order valence-corrected chi connectivity index (χ0v) is 19.3. The molecule has 0 saturated heterocycles. The molecule has 5 nitrogen and oxygen atoms in total. The van der Waals surface area contributed by atoms with E-state index in [-0.39, 0.29) is 16.5 Å². The second kappa shape index (κ2) is 9.90. The average molecular weight is 474 g/mol. The fourth-order valence-electron chi connectivity index (χ4n) is 3.46. The summed E-state index contributed by atoms with van der Waals surface area (Å²) in [6.45, 7) is 0. The molecular formula is C26H20ClN3O2S. The van der Waals surface area contributed by atoms with Gasteiger partial charge in [-0.15, -0.1) is 11.8 Å². The van der Waals surface area contributed by atoms with Crippen molar-refractivity contribution in [2.45, 2.75) is 4.90 Å². The van der Waals surface area contributed by atoms with Crippen molar-refractivity contribution >= 4 is 40.9 Å². The summed E-state index contributed by atoms with van der Waals surface area (Å²) in [6, 6.07) is 23.8. The Morgan fingerprint density at radius 1 is 0.909 bits per heavy atom. The number of thioether (sulfide) groups is 1. The zero-order chi connectivity index (χ0) is 23.4. The van der Waals surface area contributed by atoms with E-state index in [1.165, 1.54) is 0 Å². The van der Waals surface area contributed by atoms with Crippen LogP contribution in [0.1, 0.15) is 20.7 Å². The van der Waals surface area contributed by atoms with Crippen LogP contribution in [-0.2, 0) is 0 Å². The van der Waals surface area contributed by atoms with Gasteiger partial charge in [0.05, 0.1) is 16.3 Å². The number of carbonyl (C=O) groups is 2. The topological polar surface area (TPSA) is 85.1 Å². The first-order valence-corrected chi connectivity index (χ1v) is 11.7. The molecule has 7 heteroatoms. The van der Waals surface area contributed by atoms with E-state index in [0.29, 0.717) is 22.4 Å². The van der Waals surface area contributed by atoms with Gasteiger partial charge in [-0.3, -0.25) is 14.6 Å². The van der Waals surface area contributed by atoms with Gasteiger partial charge in [0.1, 0.15) is 0 Å². The Balaban J connectivity index is 1.69. The SMILES string of the molecule is CSc1ccc(C(=O)Nc2cccc(-c3ccccn3)c2)c(-c2ccc(C(N)=O)c(Cl)c2)c1. The molecule has 1 heterocycles. The number of pyridine rings is 1. The van der Waals surface area contributed by atoms with Crippen LogP contribution in [-0.4, -0.2) is 23.1 Å². The van der Waals surface area contributed by atoms with E-state index in [1.807, 2.05) is 60.9 Å². The van der Waals surface area contributed by atoms with Gasteiger partial charge in [-0.25, -0.2) is 0 Å². The van der Waals surface area contributed by atoms with E-state index in [9.17, 15) is 9.59 Å². The fourth-order valence-corrected chi connectivity index (χ4v) is 4.17. The Bertz CT molecular complexity index is 1340. The molecule has 0 saturated carbocycles. The number of aromatic nitrogens is 1. The Kier molecular flexibility index (Phi) is 6.77. The van der Waals surface area contributed by atoms with E-state index in [0.717, 1.165) is 16.2 Å². The second-order valence-corrected chi connectivity index (χ2v) is 8.51. The molecule has 1 aromatic heterocycles. The van der Waals surface area contributed by atoms with Gasteiger partial charge >= 0.3 is 0 Å². The highest BCUT2D eigenvalue weighted by molar-refractivity contribution is 7.98. The smallest absolute Gasteiger partial charge is 0.256 e. The Hall–Kier alpha value is -3.61. The highest BCUT2D eigenvalue weighted by atomic mass is 35.5. The minimum absolute atomic E-state index is 0.235. The summed E-state index contributed by atoms with van der Waals surface area (Å²) >= 11 is 7.84. The largest absolute Gasteiger partial charge is 0.366 e. The maximum absolute atomic E-state index is 13.3. The monoisotopic (exact) mass is 473 g/mol. The molecule has 4 aromatic rings. The van der Waals surface area contributed by atoms with E-state index in [2.05, 4.69) is 10.3 Å². The number of halogens is 1. The molecule has 0 aliphatic carbocycles. The third-order valence-corrected chi connectivity index (χ3v) is 6.14. The maximum Gasteiger partial charge on any atom is 0.256 e. The number of primary amides is 1. The number of benzene rings is 3. The van der Waals surface area contributed by atoms with Crippen molar-refractivity contribution in [3.8, 4) is 22.4 Å². The minimum atomic E-state index is -0.602. The van der Waals surface area contributed by atoms with Crippen LogP contribution in [0.15, 0.2) is 90.0 Å². The zero-order valence-electron chi connectivity index (χ0n) is 17.7. The summed E-state index contributed by atoms with van der Waals surface area (Å²) < 4.78 is 0. The molecule has 0 bridgehead atoms. The molecule has 3 N–H and O–H groups in total. The second-order valence-electron chi connectivity index (χ2n) is 7.22. The maximum atomic E-state index is 13.3. The standard InChI is InChI=1S/C26H20ClN3O2S/c1-33-19-9-11-20(22(15-19)16-8-10-21(25(28)31)23(27)14-16)26(32)30-18-6-4-5-17(13-18)24-7-2-3-12-29-24/h2-15H,1H3,(H2,28,31)(H,30,32). The highest BCUT2D eigenvalue weighted by Gasteiger charge is 2.16. The normalized spacial score (nSPS) is 10.6. The summed E-state index contributed by atoms with van der Waals surface area (Å²) in [5, 5.41) is 3.22. The van der Waals surface area contributed by atoms with Crippen LogP contribution in [0, 0.1) is 0 Å². The number of nitrogens with two attached hydrogens (primary N) is 1. The van der Waals surface area contributed by atoms with Gasteiger partial charge in [0.2, 0.25) is 5.91 Å². The van der Waals surface area contributed by atoms with Gasteiger partial charge in [0.25, 0.3) is 5.91 Å². The number of hydrogen-bond donors (Lipinski definition) is 2. The molecule has 0 spiro atoms. The van der Waals surface area contributed by atoms with Crippen LogP contribution in [0.2, 0.25) is 5.02 Å². The molecule has 4 rings (SSSR count). The van der Waals surface area contributed by atoms with Gasteiger partial charge in [0, 0.05) is 27.9 Å². The van der Waals surface area contributed by atoms with Crippen molar-refractivity contribution in [1.82, 2.24) is 4.98 Å². The molecule has 0 atom stereocenters.